The molecule has 1 atom stereocenters. The zero-order chi connectivity index (χ0) is 9.68. The van der Waals surface area contributed by atoms with E-state index in [4.69, 9.17) is 0 Å². The lowest BCUT2D eigenvalue weighted by molar-refractivity contribution is -0.115. The third-order valence-corrected chi connectivity index (χ3v) is 3.31. The van der Waals surface area contributed by atoms with E-state index in [9.17, 15) is 4.79 Å². The van der Waals surface area contributed by atoms with Crippen LogP contribution in [0.15, 0.2) is 0 Å². The Morgan fingerprint density at radius 3 is 3.08 bits per heavy atom. The molecule has 1 unspecified atom stereocenters. The molecule has 1 rings (SSSR count). The Balaban J connectivity index is 2.24. The van der Waals surface area contributed by atoms with Crippen LogP contribution in [0.1, 0.15) is 19.8 Å². The fraction of sp³-hybridized carbons (Fsp3) is 0.667. The lowest BCUT2D eigenvalue weighted by Gasteiger charge is -2.16. The molecule has 1 aliphatic heterocycles. The summed E-state index contributed by atoms with van der Waals surface area (Å²) in [5.74, 6) is 4.87. The predicted octanol–water partition coefficient (Wildman–Crippen LogP) is 0.940. The van der Waals surface area contributed by atoms with Gasteiger partial charge >= 0.3 is 0 Å². The molecule has 0 aromatic heterocycles. The van der Waals surface area contributed by atoms with E-state index < -0.39 is 0 Å². The Morgan fingerprint density at radius 2 is 2.54 bits per heavy atom. The Labute approximate surface area is 92.7 Å². The summed E-state index contributed by atoms with van der Waals surface area (Å²) in [7, 11) is 0. The maximum absolute atomic E-state index is 11.0. The van der Waals surface area contributed by atoms with Crippen molar-refractivity contribution in [1.82, 2.24) is 8.43 Å². The first-order chi connectivity index (χ1) is 6.24. The van der Waals surface area contributed by atoms with Gasteiger partial charge in [0.05, 0.1) is 0 Å². The number of rotatable bonds is 2. The number of hydrogen-bond donors (Lipinski definition) is 1. The van der Waals surface area contributed by atoms with E-state index >= 15 is 0 Å². The van der Waals surface area contributed by atoms with Gasteiger partial charge in [0.1, 0.15) is 0 Å². The molecule has 1 heterocycles. The summed E-state index contributed by atoms with van der Waals surface area (Å²) >= 11 is 2.31. The van der Waals surface area contributed by atoms with Crippen molar-refractivity contribution < 1.29 is 4.79 Å². The molecule has 4 heteroatoms. The molecule has 1 N–H and O–H groups in total. The van der Waals surface area contributed by atoms with Gasteiger partial charge in [0, 0.05) is 42.0 Å². The van der Waals surface area contributed by atoms with Crippen LogP contribution in [0.2, 0.25) is 0 Å². The van der Waals surface area contributed by atoms with Crippen molar-refractivity contribution in [3.63, 3.8) is 0 Å². The van der Waals surface area contributed by atoms with Crippen LogP contribution in [0.3, 0.4) is 0 Å². The van der Waals surface area contributed by atoms with Gasteiger partial charge in [0.2, 0.25) is 0 Å². The molecule has 0 spiro atoms. The highest BCUT2D eigenvalue weighted by Crippen LogP contribution is 2.19. The first-order valence-corrected chi connectivity index (χ1v) is 5.33. The SMILES string of the molecule is CC#CC(=O)NCC1CCCN1I. The van der Waals surface area contributed by atoms with Crippen LogP contribution in [-0.2, 0) is 4.79 Å². The van der Waals surface area contributed by atoms with Gasteiger partial charge in [-0.2, -0.15) is 0 Å². The van der Waals surface area contributed by atoms with Crippen LogP contribution in [-0.4, -0.2) is 28.2 Å². The van der Waals surface area contributed by atoms with E-state index in [0.717, 1.165) is 13.1 Å². The van der Waals surface area contributed by atoms with Crippen molar-refractivity contribution in [1.29, 1.82) is 0 Å². The zero-order valence-electron chi connectivity index (χ0n) is 7.64. The Kier molecular flexibility index (Phi) is 4.53. The van der Waals surface area contributed by atoms with Gasteiger partial charge in [-0.05, 0) is 25.7 Å². The molecule has 0 aliphatic carbocycles. The lowest BCUT2D eigenvalue weighted by Crippen LogP contribution is -2.35. The first kappa shape index (κ1) is 10.8. The van der Waals surface area contributed by atoms with E-state index in [1.165, 1.54) is 12.8 Å². The third-order valence-electron chi connectivity index (χ3n) is 2.04. The zero-order valence-corrected chi connectivity index (χ0v) is 9.80. The molecule has 0 saturated carbocycles. The highest BCUT2D eigenvalue weighted by atomic mass is 127. The maximum atomic E-state index is 11.0. The van der Waals surface area contributed by atoms with Gasteiger partial charge in [-0.15, -0.1) is 0 Å². The summed E-state index contributed by atoms with van der Waals surface area (Å²) < 4.78 is 2.25. The number of amides is 1. The summed E-state index contributed by atoms with van der Waals surface area (Å²) in [4.78, 5) is 11.0. The second kappa shape index (κ2) is 5.45. The number of nitrogens with zero attached hydrogens (tertiary/aromatic N) is 1. The van der Waals surface area contributed by atoms with Crippen molar-refractivity contribution in [3.8, 4) is 11.8 Å². The molecular weight excluding hydrogens is 279 g/mol. The molecule has 1 saturated heterocycles. The molecule has 0 aromatic carbocycles. The van der Waals surface area contributed by atoms with E-state index in [-0.39, 0.29) is 5.91 Å². The van der Waals surface area contributed by atoms with Gasteiger partial charge in [-0.25, -0.2) is 3.11 Å². The summed E-state index contributed by atoms with van der Waals surface area (Å²) in [5, 5.41) is 2.80. The molecule has 0 bridgehead atoms. The summed E-state index contributed by atoms with van der Waals surface area (Å²) in [6.45, 7) is 3.51. The summed E-state index contributed by atoms with van der Waals surface area (Å²) in [6.07, 6.45) is 2.39. The van der Waals surface area contributed by atoms with Crippen molar-refractivity contribution in [2.24, 2.45) is 0 Å². The minimum Gasteiger partial charge on any atom is -0.344 e. The molecular formula is C9H13IN2O. The minimum absolute atomic E-state index is 0.167. The number of carbonyl (C=O) groups excluding carboxylic acids is 1. The number of nitrogens with one attached hydrogen (secondary N) is 1. The van der Waals surface area contributed by atoms with Crippen LogP contribution in [0.25, 0.3) is 0 Å². The molecule has 13 heavy (non-hydrogen) atoms. The number of hydrogen-bond acceptors (Lipinski definition) is 2. The van der Waals surface area contributed by atoms with Gasteiger partial charge in [0.25, 0.3) is 5.91 Å². The van der Waals surface area contributed by atoms with Crippen molar-refractivity contribution in [2.75, 3.05) is 13.1 Å². The number of halogens is 1. The van der Waals surface area contributed by atoms with Crippen LogP contribution in [0.5, 0.6) is 0 Å². The van der Waals surface area contributed by atoms with E-state index in [1.54, 1.807) is 6.92 Å². The Morgan fingerprint density at radius 1 is 1.77 bits per heavy atom. The van der Waals surface area contributed by atoms with E-state index in [1.807, 2.05) is 0 Å². The van der Waals surface area contributed by atoms with Crippen LogP contribution >= 0.6 is 22.9 Å². The van der Waals surface area contributed by atoms with Crippen LogP contribution < -0.4 is 5.32 Å². The fourth-order valence-corrected chi connectivity index (χ4v) is 2.19. The third kappa shape index (κ3) is 3.53. The van der Waals surface area contributed by atoms with Crippen molar-refractivity contribution in [3.05, 3.63) is 0 Å². The van der Waals surface area contributed by atoms with Gasteiger partial charge < -0.3 is 5.32 Å². The Bertz CT molecular complexity index is 244. The van der Waals surface area contributed by atoms with Gasteiger partial charge in [-0.3, -0.25) is 4.79 Å². The average Bonchev–Trinajstić information content (AvgIpc) is 2.48. The van der Waals surface area contributed by atoms with Crippen molar-refractivity contribution >= 4 is 28.8 Å². The fourth-order valence-electron chi connectivity index (χ4n) is 1.37. The Hall–Kier alpha value is -0.280. The quantitative estimate of drug-likeness (QED) is 0.467. The van der Waals surface area contributed by atoms with E-state index in [2.05, 4.69) is 43.1 Å². The second-order valence-electron chi connectivity index (χ2n) is 3.00. The molecule has 72 valence electrons. The smallest absolute Gasteiger partial charge is 0.295 e. The highest BCUT2D eigenvalue weighted by molar-refractivity contribution is 14.1. The molecule has 1 amide bonds. The summed E-state index contributed by atoms with van der Waals surface area (Å²) in [5.41, 5.74) is 0. The normalized spacial score (nSPS) is 22.2. The maximum Gasteiger partial charge on any atom is 0.295 e. The second-order valence-corrected chi connectivity index (χ2v) is 4.24. The standard InChI is InChI=1S/C9H13IN2O/c1-2-4-9(13)11-7-8-5-3-6-12(8)10/h8H,3,5-7H2,1H3,(H,11,13). The molecule has 1 fully saturated rings. The molecule has 1 aliphatic rings. The molecule has 0 radical (unpaired) electrons. The minimum atomic E-state index is -0.167. The highest BCUT2D eigenvalue weighted by Gasteiger charge is 2.22. The number of carbonyl (C=O) groups is 1. The topological polar surface area (TPSA) is 32.3 Å². The predicted molar refractivity (Wildman–Crippen MR) is 60.2 cm³/mol. The van der Waals surface area contributed by atoms with Gasteiger partial charge in [-0.1, -0.05) is 5.92 Å². The lowest BCUT2D eigenvalue weighted by atomic mass is 10.2. The molecule has 3 nitrogen and oxygen atoms in total. The average molecular weight is 292 g/mol. The van der Waals surface area contributed by atoms with Crippen LogP contribution in [0, 0.1) is 11.8 Å². The largest absolute Gasteiger partial charge is 0.344 e. The summed E-state index contributed by atoms with van der Waals surface area (Å²) in [6, 6.07) is 0.489. The van der Waals surface area contributed by atoms with Crippen molar-refractivity contribution in [2.45, 2.75) is 25.8 Å². The first-order valence-electron chi connectivity index (χ1n) is 4.37. The monoisotopic (exact) mass is 292 g/mol. The molecule has 0 aromatic rings. The van der Waals surface area contributed by atoms with E-state index in [0.29, 0.717) is 6.04 Å². The van der Waals surface area contributed by atoms with Gasteiger partial charge in [0.15, 0.2) is 0 Å². The van der Waals surface area contributed by atoms with Crippen LogP contribution in [0.4, 0.5) is 0 Å².